The summed E-state index contributed by atoms with van der Waals surface area (Å²) in [5.41, 5.74) is 10.6. The summed E-state index contributed by atoms with van der Waals surface area (Å²) in [5, 5.41) is 3.76. The highest BCUT2D eigenvalue weighted by atomic mass is 35.5. The van der Waals surface area contributed by atoms with Gasteiger partial charge in [-0.3, -0.25) is 19.5 Å². The van der Waals surface area contributed by atoms with Gasteiger partial charge < -0.3 is 16.0 Å². The van der Waals surface area contributed by atoms with E-state index in [1.165, 1.54) is 5.57 Å². The third-order valence-corrected chi connectivity index (χ3v) is 7.82. The van der Waals surface area contributed by atoms with Crippen molar-refractivity contribution < 1.29 is 9.59 Å². The Morgan fingerprint density at radius 1 is 1.08 bits per heavy atom. The molecule has 8 heteroatoms. The number of hydrogen-bond acceptors (Lipinski definition) is 5. The number of nitrogens with two attached hydrogens (primary N) is 1. The second-order valence-electron chi connectivity index (χ2n) is 10.5. The topological polar surface area (TPSA) is 91.0 Å². The third kappa shape index (κ3) is 9.07. The molecule has 0 radical (unpaired) electrons. The summed E-state index contributed by atoms with van der Waals surface area (Å²) in [6.45, 7) is 14.1. The van der Waals surface area contributed by atoms with Crippen LogP contribution in [0.2, 0.25) is 5.02 Å². The first-order valence-corrected chi connectivity index (χ1v) is 14.3. The molecule has 0 bridgehead atoms. The van der Waals surface area contributed by atoms with Gasteiger partial charge in [-0.25, -0.2) is 0 Å². The zero-order valence-electron chi connectivity index (χ0n) is 23.1. The van der Waals surface area contributed by atoms with Crippen molar-refractivity contribution in [1.82, 2.24) is 15.1 Å². The fraction of sp³-hybridized carbons (Fsp3) is 0.567. The molecule has 1 saturated heterocycles. The Kier molecular flexibility index (Phi) is 12.0. The molecule has 1 aromatic rings. The number of carbonyl (C=O) groups excluding carboxylic acids is 2. The monoisotopic (exact) mass is 541 g/mol. The zero-order valence-corrected chi connectivity index (χ0v) is 23.9. The van der Waals surface area contributed by atoms with Crippen LogP contribution in [-0.2, 0) is 9.59 Å². The van der Waals surface area contributed by atoms with Crippen LogP contribution in [0.4, 0.5) is 0 Å². The highest BCUT2D eigenvalue weighted by Crippen LogP contribution is 2.28. The Balaban J connectivity index is 1.41. The quantitative estimate of drug-likeness (QED) is 0.385. The van der Waals surface area contributed by atoms with Gasteiger partial charge in [-0.2, -0.15) is 0 Å². The molecule has 1 atom stereocenters. The van der Waals surface area contributed by atoms with Gasteiger partial charge in [0.1, 0.15) is 0 Å². The molecular formula is C30H44ClN5O2. The molecule has 3 rings (SSSR count). The lowest BCUT2D eigenvalue weighted by Crippen LogP contribution is -2.49. The van der Waals surface area contributed by atoms with E-state index in [1.807, 2.05) is 29.2 Å². The van der Waals surface area contributed by atoms with Crippen LogP contribution >= 0.6 is 11.6 Å². The fourth-order valence-electron chi connectivity index (χ4n) is 5.02. The van der Waals surface area contributed by atoms with Gasteiger partial charge in [0.2, 0.25) is 11.8 Å². The van der Waals surface area contributed by atoms with Gasteiger partial charge in [0, 0.05) is 56.2 Å². The smallest absolute Gasteiger partial charge is 0.222 e. The standard InChI is InChI=1S/C30H44ClN5O2/c1-22-20-27(34-30(24(3)23(22)2)25-9-11-26(31)12-10-25)21-28(37)33-14-7-15-35-16-18-36(19-17-35)29(38)8-5-4-6-13-32/h9-12,27H,3-8,13-21,32H2,1-2H3,(H,33,37)/t27-/m0/s1. The number of piperazine rings is 1. The second kappa shape index (κ2) is 15.2. The highest BCUT2D eigenvalue weighted by molar-refractivity contribution is 6.30. The number of rotatable bonds is 12. The molecule has 1 fully saturated rings. The number of nitrogens with zero attached hydrogens (tertiary/aromatic N) is 3. The van der Waals surface area contributed by atoms with Gasteiger partial charge in [-0.05, 0) is 75.9 Å². The van der Waals surface area contributed by atoms with E-state index >= 15 is 0 Å². The fourth-order valence-corrected chi connectivity index (χ4v) is 5.14. The van der Waals surface area contributed by atoms with E-state index < -0.39 is 0 Å². The van der Waals surface area contributed by atoms with Crippen LogP contribution in [-0.4, -0.2) is 79.2 Å². The lowest BCUT2D eigenvalue weighted by atomic mass is 9.95. The number of hydrogen-bond donors (Lipinski definition) is 2. The molecule has 7 nitrogen and oxygen atoms in total. The zero-order chi connectivity index (χ0) is 27.5. The molecule has 0 aliphatic carbocycles. The maximum absolute atomic E-state index is 12.8. The Hall–Kier alpha value is -2.48. The maximum atomic E-state index is 12.8. The van der Waals surface area contributed by atoms with Crippen LogP contribution < -0.4 is 11.1 Å². The number of carbonyl (C=O) groups is 2. The summed E-state index contributed by atoms with van der Waals surface area (Å²) in [6, 6.07) is 7.49. The molecule has 0 saturated carbocycles. The van der Waals surface area contributed by atoms with E-state index in [0.717, 1.165) is 87.2 Å². The van der Waals surface area contributed by atoms with Crippen LogP contribution in [0.25, 0.3) is 0 Å². The molecule has 208 valence electrons. The molecule has 1 aromatic carbocycles. The minimum Gasteiger partial charge on any atom is -0.356 e. The maximum Gasteiger partial charge on any atom is 0.222 e. The number of benzene rings is 1. The first-order valence-electron chi connectivity index (χ1n) is 13.9. The highest BCUT2D eigenvalue weighted by Gasteiger charge is 2.23. The minimum atomic E-state index is -0.129. The molecule has 2 aliphatic rings. The molecule has 2 aliphatic heterocycles. The number of halogens is 1. The molecule has 0 unspecified atom stereocenters. The molecule has 0 aromatic heterocycles. The Morgan fingerprint density at radius 3 is 2.47 bits per heavy atom. The van der Waals surface area contributed by atoms with Crippen LogP contribution in [0.5, 0.6) is 0 Å². The van der Waals surface area contributed by atoms with E-state index in [1.54, 1.807) is 0 Å². The summed E-state index contributed by atoms with van der Waals surface area (Å²) < 4.78 is 0. The van der Waals surface area contributed by atoms with Crippen LogP contribution in [0.3, 0.4) is 0 Å². The van der Waals surface area contributed by atoms with Crippen molar-refractivity contribution in [3.63, 3.8) is 0 Å². The van der Waals surface area contributed by atoms with Crippen LogP contribution in [0.1, 0.15) is 64.4 Å². The molecule has 38 heavy (non-hydrogen) atoms. The summed E-state index contributed by atoms with van der Waals surface area (Å²) in [7, 11) is 0. The van der Waals surface area contributed by atoms with Crippen molar-refractivity contribution >= 4 is 29.1 Å². The molecule has 3 N–H and O–H groups in total. The van der Waals surface area contributed by atoms with Crippen molar-refractivity contribution in [2.45, 2.75) is 64.8 Å². The third-order valence-electron chi connectivity index (χ3n) is 7.56. The summed E-state index contributed by atoms with van der Waals surface area (Å²) in [5.74, 6) is 0.287. The molecular weight excluding hydrogens is 498 g/mol. The van der Waals surface area contributed by atoms with Crippen molar-refractivity contribution in [2.24, 2.45) is 10.7 Å². The molecule has 0 spiro atoms. The van der Waals surface area contributed by atoms with E-state index in [2.05, 4.69) is 30.6 Å². The lowest BCUT2D eigenvalue weighted by Gasteiger charge is -2.34. The van der Waals surface area contributed by atoms with Gasteiger partial charge in [0.05, 0.1) is 11.8 Å². The summed E-state index contributed by atoms with van der Waals surface area (Å²) in [6.07, 6.45) is 5.54. The van der Waals surface area contributed by atoms with Crippen molar-refractivity contribution in [2.75, 3.05) is 45.8 Å². The molecule has 2 heterocycles. The van der Waals surface area contributed by atoms with E-state index in [-0.39, 0.29) is 17.9 Å². The van der Waals surface area contributed by atoms with Gasteiger partial charge >= 0.3 is 0 Å². The van der Waals surface area contributed by atoms with Crippen molar-refractivity contribution in [3.8, 4) is 0 Å². The average molecular weight is 542 g/mol. The number of allylic oxidation sites excluding steroid dienone is 2. The number of unbranched alkanes of at least 4 members (excludes halogenated alkanes) is 2. The Labute approximate surface area is 233 Å². The van der Waals surface area contributed by atoms with Gasteiger partial charge in [0.25, 0.3) is 0 Å². The summed E-state index contributed by atoms with van der Waals surface area (Å²) in [4.78, 5) is 34.5. The Bertz CT molecular complexity index is 1030. The van der Waals surface area contributed by atoms with Gasteiger partial charge in [-0.1, -0.05) is 42.3 Å². The van der Waals surface area contributed by atoms with Crippen molar-refractivity contribution in [3.05, 3.63) is 58.1 Å². The average Bonchev–Trinajstić information content (AvgIpc) is 3.01. The number of aliphatic imine (C=N–C) groups is 1. The van der Waals surface area contributed by atoms with Gasteiger partial charge in [0.15, 0.2) is 0 Å². The SMILES string of the molecule is C=C1C(c2ccc(Cl)cc2)=N[C@H](CC(=O)NCCCN2CCN(C(=O)CCCCCN)CC2)CC(C)=C1C. The van der Waals surface area contributed by atoms with Crippen LogP contribution in [0, 0.1) is 0 Å². The van der Waals surface area contributed by atoms with Crippen LogP contribution in [0.15, 0.2) is 52.6 Å². The van der Waals surface area contributed by atoms with E-state index in [4.69, 9.17) is 22.3 Å². The summed E-state index contributed by atoms with van der Waals surface area (Å²) >= 11 is 6.08. The normalized spacial score (nSPS) is 18.8. The first kappa shape index (κ1) is 30.1. The van der Waals surface area contributed by atoms with E-state index in [0.29, 0.717) is 31.0 Å². The minimum absolute atomic E-state index is 0.0252. The van der Waals surface area contributed by atoms with E-state index in [9.17, 15) is 9.59 Å². The first-order chi connectivity index (χ1) is 18.3. The number of nitrogens with one attached hydrogen (secondary N) is 1. The van der Waals surface area contributed by atoms with Gasteiger partial charge in [-0.15, -0.1) is 0 Å². The number of amides is 2. The largest absolute Gasteiger partial charge is 0.356 e. The predicted octanol–water partition coefficient (Wildman–Crippen LogP) is 4.35. The second-order valence-corrected chi connectivity index (χ2v) is 10.9. The Morgan fingerprint density at radius 2 is 1.79 bits per heavy atom. The lowest BCUT2D eigenvalue weighted by molar-refractivity contribution is -0.133. The molecule has 2 amide bonds. The van der Waals surface area contributed by atoms with Crippen molar-refractivity contribution in [1.29, 1.82) is 0 Å². The predicted molar refractivity (Wildman–Crippen MR) is 157 cm³/mol.